The predicted molar refractivity (Wildman–Crippen MR) is 109 cm³/mol. The fourth-order valence-corrected chi connectivity index (χ4v) is 3.11. The molecule has 1 aliphatic rings. The molecule has 0 unspecified atom stereocenters. The van der Waals surface area contributed by atoms with E-state index in [2.05, 4.69) is 20.7 Å². The summed E-state index contributed by atoms with van der Waals surface area (Å²) in [6, 6.07) is 6.42. The monoisotopic (exact) mass is 414 g/mol. The van der Waals surface area contributed by atoms with Gasteiger partial charge in [-0.1, -0.05) is 0 Å². The lowest BCUT2D eigenvalue weighted by Gasteiger charge is -2.28. The number of nitrogens with one attached hydrogen (secondary N) is 2. The topological polar surface area (TPSA) is 118 Å². The molecule has 10 nitrogen and oxygen atoms in total. The number of carbonyl (C=O) groups excluding carboxylic acids is 3. The fraction of sp³-hybridized carbons (Fsp3) is 0.450. The molecule has 0 saturated carbocycles. The fourth-order valence-electron chi connectivity index (χ4n) is 3.11. The largest absolute Gasteiger partial charge is 0.444 e. The minimum atomic E-state index is -0.635. The maximum atomic E-state index is 12.5. The first kappa shape index (κ1) is 21.3. The minimum Gasteiger partial charge on any atom is -0.444 e. The molecule has 3 rings (SSSR count). The van der Waals surface area contributed by atoms with Crippen molar-refractivity contribution >= 4 is 23.6 Å². The molecule has 1 saturated heterocycles. The average Bonchev–Trinajstić information content (AvgIpc) is 3.37. The highest BCUT2D eigenvalue weighted by atomic mass is 16.6. The van der Waals surface area contributed by atoms with Crippen LogP contribution in [-0.4, -0.2) is 62.3 Å². The second kappa shape index (κ2) is 8.93. The van der Waals surface area contributed by atoms with Crippen LogP contribution >= 0.6 is 0 Å². The standard InChI is InChI=1S/C20H26N6O4/c1-20(2,3)30-19(29)25-10-4-5-16(25)18(28)22-11-17(27)24-14-6-8-15(9-7-14)26-13-21-12-23-26/h6-9,12-13,16H,4-5,10-11H2,1-3H3,(H,22,28)(H,24,27)/t16-/m0/s1. The molecule has 10 heteroatoms. The second-order valence-corrected chi connectivity index (χ2v) is 7.98. The molecular weight excluding hydrogens is 388 g/mol. The first-order valence-electron chi connectivity index (χ1n) is 9.75. The smallest absolute Gasteiger partial charge is 0.410 e. The van der Waals surface area contributed by atoms with Crippen LogP contribution in [0.25, 0.3) is 5.69 Å². The van der Waals surface area contributed by atoms with E-state index in [9.17, 15) is 14.4 Å². The van der Waals surface area contributed by atoms with E-state index in [-0.39, 0.29) is 18.4 Å². The van der Waals surface area contributed by atoms with Crippen LogP contribution < -0.4 is 10.6 Å². The Morgan fingerprint density at radius 2 is 1.93 bits per heavy atom. The number of carbonyl (C=O) groups is 3. The normalized spacial score (nSPS) is 16.2. The summed E-state index contributed by atoms with van der Waals surface area (Å²) in [5.74, 6) is -0.728. The number of ether oxygens (including phenoxy) is 1. The van der Waals surface area contributed by atoms with E-state index >= 15 is 0 Å². The summed E-state index contributed by atoms with van der Waals surface area (Å²) in [5.41, 5.74) is 0.765. The molecule has 0 spiro atoms. The molecular formula is C20H26N6O4. The SMILES string of the molecule is CC(C)(C)OC(=O)N1CCC[C@H]1C(=O)NCC(=O)Nc1ccc(-n2cncn2)cc1. The molecule has 2 aromatic rings. The van der Waals surface area contributed by atoms with Gasteiger partial charge >= 0.3 is 6.09 Å². The van der Waals surface area contributed by atoms with Crippen LogP contribution in [0.4, 0.5) is 10.5 Å². The highest BCUT2D eigenvalue weighted by Crippen LogP contribution is 2.21. The van der Waals surface area contributed by atoms with Crippen molar-refractivity contribution in [2.24, 2.45) is 0 Å². The summed E-state index contributed by atoms with van der Waals surface area (Å²) >= 11 is 0. The highest BCUT2D eigenvalue weighted by molar-refractivity contribution is 5.95. The zero-order chi connectivity index (χ0) is 21.7. The molecule has 0 bridgehead atoms. The van der Waals surface area contributed by atoms with Crippen LogP contribution in [-0.2, 0) is 14.3 Å². The summed E-state index contributed by atoms with van der Waals surface area (Å²) in [4.78, 5) is 42.3. The third kappa shape index (κ3) is 5.56. The van der Waals surface area contributed by atoms with Crippen molar-refractivity contribution in [2.45, 2.75) is 45.3 Å². The summed E-state index contributed by atoms with van der Waals surface area (Å²) in [6.07, 6.45) is 3.74. The summed E-state index contributed by atoms with van der Waals surface area (Å²) in [5, 5.41) is 9.36. The van der Waals surface area contributed by atoms with Gasteiger partial charge < -0.3 is 15.4 Å². The molecule has 1 aromatic carbocycles. The Hall–Kier alpha value is -3.43. The lowest BCUT2D eigenvalue weighted by atomic mass is 10.2. The van der Waals surface area contributed by atoms with Crippen molar-refractivity contribution in [3.63, 3.8) is 0 Å². The molecule has 2 N–H and O–H groups in total. The van der Waals surface area contributed by atoms with Crippen LogP contribution in [0.15, 0.2) is 36.9 Å². The first-order chi connectivity index (χ1) is 14.2. The Morgan fingerprint density at radius 3 is 2.57 bits per heavy atom. The minimum absolute atomic E-state index is 0.192. The number of aromatic nitrogens is 3. The summed E-state index contributed by atoms with van der Waals surface area (Å²) in [6.45, 7) is 5.59. The summed E-state index contributed by atoms with van der Waals surface area (Å²) in [7, 11) is 0. The number of benzene rings is 1. The van der Waals surface area contributed by atoms with Crippen LogP contribution in [0, 0.1) is 0 Å². The van der Waals surface area contributed by atoms with Gasteiger partial charge in [-0.3, -0.25) is 14.5 Å². The molecule has 1 fully saturated rings. The Labute approximate surface area is 174 Å². The van der Waals surface area contributed by atoms with E-state index in [1.54, 1.807) is 56.0 Å². The third-order valence-electron chi connectivity index (χ3n) is 4.44. The zero-order valence-corrected chi connectivity index (χ0v) is 17.3. The maximum Gasteiger partial charge on any atom is 0.410 e. The number of anilines is 1. The first-order valence-corrected chi connectivity index (χ1v) is 9.75. The van der Waals surface area contributed by atoms with Crippen LogP contribution in [0.5, 0.6) is 0 Å². The molecule has 2 heterocycles. The second-order valence-electron chi connectivity index (χ2n) is 7.98. The Kier molecular flexibility index (Phi) is 6.34. The molecule has 1 aliphatic heterocycles. The van der Waals surface area contributed by atoms with Crippen LogP contribution in [0.2, 0.25) is 0 Å². The van der Waals surface area contributed by atoms with E-state index in [4.69, 9.17) is 4.74 Å². The molecule has 1 aromatic heterocycles. The van der Waals surface area contributed by atoms with Gasteiger partial charge in [-0.15, -0.1) is 0 Å². The number of amides is 3. The van der Waals surface area contributed by atoms with Gasteiger partial charge in [-0.25, -0.2) is 14.5 Å². The third-order valence-corrected chi connectivity index (χ3v) is 4.44. The van der Waals surface area contributed by atoms with Crippen molar-refractivity contribution in [1.82, 2.24) is 25.0 Å². The Bertz CT molecular complexity index is 889. The van der Waals surface area contributed by atoms with Gasteiger partial charge in [0.2, 0.25) is 11.8 Å². The van der Waals surface area contributed by atoms with Gasteiger partial charge in [-0.05, 0) is 57.9 Å². The van der Waals surface area contributed by atoms with E-state index in [1.807, 2.05) is 0 Å². The van der Waals surface area contributed by atoms with E-state index in [0.717, 1.165) is 5.69 Å². The molecule has 3 amide bonds. The highest BCUT2D eigenvalue weighted by Gasteiger charge is 2.36. The van der Waals surface area contributed by atoms with Gasteiger partial charge in [0.25, 0.3) is 0 Å². The Morgan fingerprint density at radius 1 is 1.20 bits per heavy atom. The van der Waals surface area contributed by atoms with E-state index < -0.39 is 17.7 Å². The molecule has 0 radical (unpaired) electrons. The lowest BCUT2D eigenvalue weighted by molar-refractivity contribution is -0.127. The quantitative estimate of drug-likeness (QED) is 0.769. The zero-order valence-electron chi connectivity index (χ0n) is 17.3. The number of nitrogens with zero attached hydrogens (tertiary/aromatic N) is 4. The molecule has 160 valence electrons. The van der Waals surface area contributed by atoms with E-state index in [1.165, 1.54) is 11.2 Å². The number of hydrogen-bond acceptors (Lipinski definition) is 6. The average molecular weight is 414 g/mol. The van der Waals surface area contributed by atoms with Gasteiger partial charge in [0.15, 0.2) is 0 Å². The van der Waals surface area contributed by atoms with Gasteiger partial charge in [0, 0.05) is 12.2 Å². The number of likely N-dealkylation sites (tertiary alicyclic amines) is 1. The van der Waals surface area contributed by atoms with Crippen LogP contribution in [0.1, 0.15) is 33.6 Å². The van der Waals surface area contributed by atoms with Crippen molar-refractivity contribution in [3.05, 3.63) is 36.9 Å². The number of rotatable bonds is 5. The molecule has 0 aliphatic carbocycles. The van der Waals surface area contributed by atoms with Crippen molar-refractivity contribution < 1.29 is 19.1 Å². The predicted octanol–water partition coefficient (Wildman–Crippen LogP) is 1.72. The van der Waals surface area contributed by atoms with Crippen molar-refractivity contribution in [3.8, 4) is 5.69 Å². The van der Waals surface area contributed by atoms with Crippen LogP contribution in [0.3, 0.4) is 0 Å². The number of hydrogen-bond donors (Lipinski definition) is 2. The van der Waals surface area contributed by atoms with Crippen molar-refractivity contribution in [2.75, 3.05) is 18.4 Å². The lowest BCUT2D eigenvalue weighted by Crippen LogP contribution is -2.48. The van der Waals surface area contributed by atoms with Gasteiger partial charge in [-0.2, -0.15) is 5.10 Å². The summed E-state index contributed by atoms with van der Waals surface area (Å²) < 4.78 is 6.96. The van der Waals surface area contributed by atoms with E-state index in [0.29, 0.717) is 25.1 Å². The molecule has 30 heavy (non-hydrogen) atoms. The molecule has 1 atom stereocenters. The van der Waals surface area contributed by atoms with Gasteiger partial charge in [0.1, 0.15) is 24.3 Å². The maximum absolute atomic E-state index is 12.5. The Balaban J connectivity index is 1.49. The van der Waals surface area contributed by atoms with Crippen molar-refractivity contribution in [1.29, 1.82) is 0 Å². The van der Waals surface area contributed by atoms with Gasteiger partial charge in [0.05, 0.1) is 12.2 Å².